The zero-order chi connectivity index (χ0) is 10.7. The van der Waals surface area contributed by atoms with Gasteiger partial charge in [0.1, 0.15) is 0 Å². The first kappa shape index (κ1) is 14.3. The van der Waals surface area contributed by atoms with E-state index >= 15 is 0 Å². The highest BCUT2D eigenvalue weighted by Gasteiger charge is 1.89. The van der Waals surface area contributed by atoms with E-state index < -0.39 is 0 Å². The van der Waals surface area contributed by atoms with Crippen LogP contribution in [-0.2, 0) is 0 Å². The minimum Gasteiger partial charge on any atom is -0.397 e. The van der Waals surface area contributed by atoms with E-state index in [9.17, 15) is 0 Å². The van der Waals surface area contributed by atoms with E-state index in [4.69, 9.17) is 11.6 Å². The van der Waals surface area contributed by atoms with Crippen LogP contribution in [0.25, 0.3) is 0 Å². The fourth-order valence-corrected chi connectivity index (χ4v) is 0.628. The molecule has 0 spiro atoms. The average Bonchev–Trinajstić information content (AvgIpc) is 2.24. The van der Waals surface area contributed by atoms with Gasteiger partial charge in [-0.3, -0.25) is 5.84 Å². The molecule has 3 nitrogen and oxygen atoms in total. The molecule has 3 heteroatoms. The highest BCUT2D eigenvalue weighted by molar-refractivity contribution is 5.64. The molecular weight excluding hydrogens is 162 g/mol. The van der Waals surface area contributed by atoms with Crippen molar-refractivity contribution < 1.29 is 0 Å². The zero-order valence-electron chi connectivity index (χ0n) is 8.96. The van der Waals surface area contributed by atoms with Crippen LogP contribution in [0.1, 0.15) is 27.7 Å². The molecule has 0 aliphatic rings. The van der Waals surface area contributed by atoms with Gasteiger partial charge in [0.2, 0.25) is 0 Å². The number of nitrogens with one attached hydrogen (secondary N) is 1. The fourth-order valence-electron chi connectivity index (χ4n) is 0.628. The molecule has 0 amide bonds. The number of benzene rings is 1. The predicted molar refractivity (Wildman–Crippen MR) is 61.4 cm³/mol. The van der Waals surface area contributed by atoms with E-state index in [0.29, 0.717) is 5.69 Å². The molecule has 5 N–H and O–H groups in total. The Kier molecular flexibility index (Phi) is 11.9. The monoisotopic (exact) mass is 183 g/mol. The lowest BCUT2D eigenvalue weighted by Crippen LogP contribution is -2.08. The predicted octanol–water partition coefficient (Wildman–Crippen LogP) is 2.61. The van der Waals surface area contributed by atoms with Crippen molar-refractivity contribution in [2.75, 3.05) is 11.2 Å². The van der Waals surface area contributed by atoms with Crippen LogP contribution in [0.2, 0.25) is 0 Å². The molecule has 0 aliphatic heterocycles. The highest BCUT2D eigenvalue weighted by atomic mass is 15.2. The summed E-state index contributed by atoms with van der Waals surface area (Å²) in [5.74, 6) is 5.12. The third-order valence-electron chi connectivity index (χ3n) is 1.12. The van der Waals surface area contributed by atoms with E-state index in [0.717, 1.165) is 5.69 Å². The van der Waals surface area contributed by atoms with Crippen LogP contribution in [0.15, 0.2) is 24.3 Å². The van der Waals surface area contributed by atoms with Gasteiger partial charge in [0, 0.05) is 0 Å². The Morgan fingerprint density at radius 2 is 1.46 bits per heavy atom. The lowest BCUT2D eigenvalue weighted by Gasteiger charge is -2.00. The summed E-state index contributed by atoms with van der Waals surface area (Å²) in [7, 11) is 0. The van der Waals surface area contributed by atoms with Crippen molar-refractivity contribution in [3.8, 4) is 0 Å². The highest BCUT2D eigenvalue weighted by Crippen LogP contribution is 2.13. The van der Waals surface area contributed by atoms with Crippen LogP contribution in [0, 0.1) is 0 Å². The Labute approximate surface area is 81.1 Å². The van der Waals surface area contributed by atoms with Gasteiger partial charge in [-0.1, -0.05) is 39.8 Å². The molecule has 0 unspecified atom stereocenters. The number of para-hydroxylation sites is 2. The van der Waals surface area contributed by atoms with Crippen LogP contribution in [0.5, 0.6) is 0 Å². The molecule has 1 rings (SSSR count). The summed E-state index contributed by atoms with van der Waals surface area (Å²) < 4.78 is 0. The number of hydrazine groups is 1. The summed E-state index contributed by atoms with van der Waals surface area (Å²) in [4.78, 5) is 0. The molecule has 0 fully saturated rings. The first-order chi connectivity index (χ1) is 6.34. The number of nitrogen functional groups attached to an aromatic ring is 2. The summed E-state index contributed by atoms with van der Waals surface area (Å²) in [5.41, 5.74) is 9.39. The Hall–Kier alpha value is -1.22. The number of hydrogen-bond donors (Lipinski definition) is 3. The number of anilines is 2. The second-order valence-corrected chi connectivity index (χ2v) is 1.73. The van der Waals surface area contributed by atoms with Crippen LogP contribution in [-0.4, -0.2) is 0 Å². The maximum atomic E-state index is 5.49. The molecule has 0 atom stereocenters. The Morgan fingerprint density at radius 3 is 1.77 bits per heavy atom. The minimum absolute atomic E-state index is 0.667. The lowest BCUT2D eigenvalue weighted by molar-refractivity contribution is 1.35. The minimum atomic E-state index is 0.667. The summed E-state index contributed by atoms with van der Waals surface area (Å²) in [6.45, 7) is 8.00. The fraction of sp³-hybridized carbons (Fsp3) is 0.400. The quantitative estimate of drug-likeness (QED) is 0.356. The van der Waals surface area contributed by atoms with Gasteiger partial charge in [-0.05, 0) is 12.1 Å². The van der Waals surface area contributed by atoms with Gasteiger partial charge in [0.05, 0.1) is 11.4 Å². The van der Waals surface area contributed by atoms with E-state index in [2.05, 4.69) is 5.43 Å². The molecule has 76 valence electrons. The van der Waals surface area contributed by atoms with Gasteiger partial charge in [-0.15, -0.1) is 0 Å². The summed E-state index contributed by atoms with van der Waals surface area (Å²) >= 11 is 0. The van der Waals surface area contributed by atoms with Gasteiger partial charge < -0.3 is 11.2 Å². The molecule has 0 aliphatic carbocycles. The Morgan fingerprint density at radius 1 is 1.00 bits per heavy atom. The molecule has 13 heavy (non-hydrogen) atoms. The molecule has 0 bridgehead atoms. The van der Waals surface area contributed by atoms with Crippen molar-refractivity contribution in [1.29, 1.82) is 0 Å². The molecule has 0 heterocycles. The van der Waals surface area contributed by atoms with Crippen molar-refractivity contribution in [1.82, 2.24) is 0 Å². The lowest BCUT2D eigenvalue weighted by atomic mass is 10.3. The van der Waals surface area contributed by atoms with Gasteiger partial charge in [0.25, 0.3) is 0 Å². The van der Waals surface area contributed by atoms with Crippen molar-refractivity contribution in [2.24, 2.45) is 5.84 Å². The summed E-state index contributed by atoms with van der Waals surface area (Å²) in [5, 5.41) is 0. The van der Waals surface area contributed by atoms with Crippen molar-refractivity contribution in [3.63, 3.8) is 0 Å². The first-order valence-corrected chi connectivity index (χ1v) is 4.65. The zero-order valence-corrected chi connectivity index (χ0v) is 8.96. The Balaban J connectivity index is 0. The van der Waals surface area contributed by atoms with Gasteiger partial charge >= 0.3 is 0 Å². The smallest absolute Gasteiger partial charge is 0.0715 e. The average molecular weight is 183 g/mol. The van der Waals surface area contributed by atoms with Gasteiger partial charge in [-0.25, -0.2) is 0 Å². The normalized spacial score (nSPS) is 7.15. The van der Waals surface area contributed by atoms with Crippen LogP contribution >= 0.6 is 0 Å². The molecule has 1 aromatic carbocycles. The standard InChI is InChI=1S/C6H9N3.2C2H6/c7-5-3-1-2-4-6(5)9-8;2*1-2/h1-4,9H,7-8H2;2*1-2H3. The summed E-state index contributed by atoms with van der Waals surface area (Å²) in [6.07, 6.45) is 0. The maximum absolute atomic E-state index is 5.49. The maximum Gasteiger partial charge on any atom is 0.0715 e. The van der Waals surface area contributed by atoms with Crippen LogP contribution in [0.3, 0.4) is 0 Å². The largest absolute Gasteiger partial charge is 0.397 e. The summed E-state index contributed by atoms with van der Waals surface area (Å²) in [6, 6.07) is 7.33. The van der Waals surface area contributed by atoms with Crippen LogP contribution in [0.4, 0.5) is 11.4 Å². The molecule has 0 radical (unpaired) electrons. The van der Waals surface area contributed by atoms with Crippen LogP contribution < -0.4 is 17.0 Å². The van der Waals surface area contributed by atoms with E-state index in [-0.39, 0.29) is 0 Å². The van der Waals surface area contributed by atoms with Crippen molar-refractivity contribution >= 4 is 11.4 Å². The SMILES string of the molecule is CC.CC.NNc1ccccc1N. The van der Waals surface area contributed by atoms with E-state index in [1.807, 2.05) is 45.9 Å². The van der Waals surface area contributed by atoms with Gasteiger partial charge in [-0.2, -0.15) is 0 Å². The third-order valence-corrected chi connectivity index (χ3v) is 1.12. The first-order valence-electron chi connectivity index (χ1n) is 4.65. The molecule has 0 saturated heterocycles. The van der Waals surface area contributed by atoms with Gasteiger partial charge in [0.15, 0.2) is 0 Å². The van der Waals surface area contributed by atoms with E-state index in [1.165, 1.54) is 0 Å². The van der Waals surface area contributed by atoms with Crippen molar-refractivity contribution in [2.45, 2.75) is 27.7 Å². The van der Waals surface area contributed by atoms with E-state index in [1.54, 1.807) is 6.07 Å². The Bertz CT molecular complexity index is 199. The molecule has 1 aromatic rings. The topological polar surface area (TPSA) is 64.1 Å². The molecule has 0 saturated carbocycles. The number of rotatable bonds is 1. The second kappa shape index (κ2) is 10.8. The number of nitrogens with two attached hydrogens (primary N) is 2. The van der Waals surface area contributed by atoms with Crippen molar-refractivity contribution in [3.05, 3.63) is 24.3 Å². The second-order valence-electron chi connectivity index (χ2n) is 1.73. The third kappa shape index (κ3) is 5.99. The number of hydrogen-bond acceptors (Lipinski definition) is 3. The molecule has 0 aromatic heterocycles. The molecular formula is C10H21N3.